The topological polar surface area (TPSA) is 94.5 Å². The van der Waals surface area contributed by atoms with Gasteiger partial charge in [-0.3, -0.25) is 0 Å². The third-order valence-electron chi connectivity index (χ3n) is 5.28. The van der Waals surface area contributed by atoms with Crippen molar-refractivity contribution in [3.8, 4) is 22.7 Å². The second-order valence-corrected chi connectivity index (χ2v) is 7.46. The number of hydrogen-bond donors (Lipinski definition) is 2. The lowest BCUT2D eigenvalue weighted by Gasteiger charge is -2.27. The number of benzene rings is 2. The van der Waals surface area contributed by atoms with Crippen molar-refractivity contribution in [3.63, 3.8) is 0 Å². The second kappa shape index (κ2) is 9.60. The van der Waals surface area contributed by atoms with Crippen molar-refractivity contribution in [3.05, 3.63) is 77.6 Å². The van der Waals surface area contributed by atoms with Crippen LogP contribution in [0, 0.1) is 0 Å². The zero-order valence-corrected chi connectivity index (χ0v) is 18.8. The first-order chi connectivity index (χ1) is 16.0. The molecule has 1 aromatic heterocycles. The minimum absolute atomic E-state index is 0.227. The van der Waals surface area contributed by atoms with Crippen LogP contribution >= 0.6 is 0 Å². The summed E-state index contributed by atoms with van der Waals surface area (Å²) in [6, 6.07) is 16.1. The molecule has 0 saturated carbocycles. The average molecular weight is 447 g/mol. The van der Waals surface area contributed by atoms with Gasteiger partial charge in [0.25, 0.3) is 0 Å². The molecule has 0 spiro atoms. The van der Waals surface area contributed by atoms with Gasteiger partial charge in [-0.05, 0) is 57.2 Å². The first-order valence-corrected chi connectivity index (χ1v) is 10.9. The summed E-state index contributed by atoms with van der Waals surface area (Å²) >= 11 is 0. The van der Waals surface area contributed by atoms with Gasteiger partial charge in [0, 0.05) is 23.0 Å². The minimum Gasteiger partial charge on any atom is -0.494 e. The van der Waals surface area contributed by atoms with Gasteiger partial charge in [-0.2, -0.15) is 5.10 Å². The molecule has 4 rings (SSSR count). The summed E-state index contributed by atoms with van der Waals surface area (Å²) in [6.07, 6.45) is 1.84. The van der Waals surface area contributed by atoms with E-state index >= 15 is 0 Å². The molecule has 2 amide bonds. The molecule has 0 saturated heterocycles. The van der Waals surface area contributed by atoms with E-state index in [1.54, 1.807) is 18.5 Å². The number of esters is 1. The van der Waals surface area contributed by atoms with Crippen molar-refractivity contribution < 1.29 is 19.1 Å². The summed E-state index contributed by atoms with van der Waals surface area (Å²) < 4.78 is 12.6. The van der Waals surface area contributed by atoms with E-state index in [4.69, 9.17) is 14.6 Å². The Kier molecular flexibility index (Phi) is 6.44. The molecule has 3 aromatic rings. The largest absolute Gasteiger partial charge is 0.494 e. The fourth-order valence-electron chi connectivity index (χ4n) is 3.82. The number of aromatic nitrogens is 2. The van der Waals surface area contributed by atoms with E-state index in [1.807, 2.05) is 67.7 Å². The van der Waals surface area contributed by atoms with Gasteiger partial charge in [-0.1, -0.05) is 18.2 Å². The Morgan fingerprint density at radius 3 is 2.45 bits per heavy atom. The van der Waals surface area contributed by atoms with E-state index in [9.17, 15) is 9.59 Å². The number of nitrogens with zero attached hydrogens (tertiary/aromatic N) is 2. The van der Waals surface area contributed by atoms with Gasteiger partial charge in [0.2, 0.25) is 0 Å². The molecule has 1 atom stereocenters. The van der Waals surface area contributed by atoms with Crippen LogP contribution in [0.5, 0.6) is 5.75 Å². The summed E-state index contributed by atoms with van der Waals surface area (Å²) in [5, 5.41) is 10.4. The fourth-order valence-corrected chi connectivity index (χ4v) is 3.82. The van der Waals surface area contributed by atoms with Crippen molar-refractivity contribution >= 4 is 12.0 Å². The van der Waals surface area contributed by atoms with Crippen LogP contribution in [0.3, 0.4) is 0 Å². The van der Waals surface area contributed by atoms with Gasteiger partial charge in [0.15, 0.2) is 0 Å². The monoisotopic (exact) mass is 446 g/mol. The maximum absolute atomic E-state index is 12.8. The molecular formula is C25H26N4O4. The Bertz CT molecular complexity index is 1180. The zero-order valence-electron chi connectivity index (χ0n) is 18.8. The van der Waals surface area contributed by atoms with E-state index in [1.165, 1.54) is 0 Å². The zero-order chi connectivity index (χ0) is 23.4. The number of carbonyl (C=O) groups is 2. The number of urea groups is 1. The van der Waals surface area contributed by atoms with Crippen LogP contribution in [0.25, 0.3) is 16.9 Å². The smallest absolute Gasteiger partial charge is 0.338 e. The Labute approximate surface area is 192 Å². The van der Waals surface area contributed by atoms with Crippen LogP contribution in [0.1, 0.15) is 32.4 Å². The number of ether oxygens (including phenoxy) is 2. The molecule has 2 N–H and O–H groups in total. The van der Waals surface area contributed by atoms with Crippen LogP contribution in [-0.2, 0) is 9.53 Å². The van der Waals surface area contributed by atoms with Crippen molar-refractivity contribution in [1.29, 1.82) is 0 Å². The first kappa shape index (κ1) is 22.1. The molecule has 0 aliphatic carbocycles. The molecule has 1 aliphatic rings. The highest BCUT2D eigenvalue weighted by Gasteiger charge is 2.35. The third kappa shape index (κ3) is 4.59. The van der Waals surface area contributed by atoms with E-state index in [-0.39, 0.29) is 6.61 Å². The van der Waals surface area contributed by atoms with Crippen LogP contribution in [-0.4, -0.2) is 35.0 Å². The van der Waals surface area contributed by atoms with Gasteiger partial charge >= 0.3 is 12.0 Å². The van der Waals surface area contributed by atoms with Gasteiger partial charge < -0.3 is 20.1 Å². The van der Waals surface area contributed by atoms with E-state index in [0.29, 0.717) is 29.1 Å². The van der Waals surface area contributed by atoms with Crippen LogP contribution in [0.15, 0.2) is 72.1 Å². The lowest BCUT2D eigenvalue weighted by atomic mass is 9.94. The lowest BCUT2D eigenvalue weighted by Crippen LogP contribution is -2.45. The number of para-hydroxylation sites is 1. The van der Waals surface area contributed by atoms with Crippen molar-refractivity contribution in [2.24, 2.45) is 0 Å². The molecule has 8 nitrogen and oxygen atoms in total. The maximum Gasteiger partial charge on any atom is 0.338 e. The average Bonchev–Trinajstić information content (AvgIpc) is 3.25. The SMILES string of the molecule is CCOC(=O)C1=C(C)NC(=O)N[C@@H]1c1cn(-c2ccccc2)nc1-c1ccc(OCC)cc1. The van der Waals surface area contributed by atoms with E-state index < -0.39 is 18.0 Å². The molecule has 8 heteroatoms. The highest BCUT2D eigenvalue weighted by Crippen LogP contribution is 2.35. The predicted octanol–water partition coefficient (Wildman–Crippen LogP) is 4.13. The highest BCUT2D eigenvalue weighted by molar-refractivity contribution is 5.95. The van der Waals surface area contributed by atoms with Crippen LogP contribution in [0.2, 0.25) is 0 Å². The van der Waals surface area contributed by atoms with Crippen LogP contribution < -0.4 is 15.4 Å². The molecule has 0 unspecified atom stereocenters. The summed E-state index contributed by atoms with van der Waals surface area (Å²) in [6.45, 7) is 6.16. The number of nitrogens with one attached hydrogen (secondary N) is 2. The molecule has 2 heterocycles. The van der Waals surface area contributed by atoms with E-state index in [0.717, 1.165) is 17.0 Å². The van der Waals surface area contributed by atoms with Gasteiger partial charge in [-0.15, -0.1) is 0 Å². The molecule has 170 valence electrons. The number of amides is 2. The quantitative estimate of drug-likeness (QED) is 0.532. The lowest BCUT2D eigenvalue weighted by molar-refractivity contribution is -0.139. The molecule has 33 heavy (non-hydrogen) atoms. The van der Waals surface area contributed by atoms with Gasteiger partial charge in [0.05, 0.1) is 36.2 Å². The molecule has 0 radical (unpaired) electrons. The Morgan fingerprint density at radius 2 is 1.79 bits per heavy atom. The summed E-state index contributed by atoms with van der Waals surface area (Å²) in [7, 11) is 0. The standard InChI is InChI=1S/C25H26N4O4/c1-4-32-19-13-11-17(12-14-19)22-20(15-29(28-22)18-9-7-6-8-10-18)23-21(24(30)33-5-2)16(3)26-25(31)27-23/h6-15,23H,4-5H2,1-3H3,(H2,26,27,31)/t23-/m1/s1. The highest BCUT2D eigenvalue weighted by atomic mass is 16.5. The first-order valence-electron chi connectivity index (χ1n) is 10.9. The van der Waals surface area contributed by atoms with Gasteiger partial charge in [0.1, 0.15) is 5.75 Å². The Hall–Kier alpha value is -4.07. The summed E-state index contributed by atoms with van der Waals surface area (Å²) in [5.74, 6) is 0.265. The van der Waals surface area contributed by atoms with Crippen LogP contribution in [0.4, 0.5) is 4.79 Å². The van der Waals surface area contributed by atoms with E-state index in [2.05, 4.69) is 10.6 Å². The molecular weight excluding hydrogens is 420 g/mol. The minimum atomic E-state index is -0.725. The Morgan fingerprint density at radius 1 is 1.06 bits per heavy atom. The number of rotatable bonds is 7. The second-order valence-electron chi connectivity index (χ2n) is 7.46. The molecule has 0 fully saturated rings. The number of allylic oxidation sites excluding steroid dienone is 1. The normalized spacial score (nSPS) is 15.6. The Balaban J connectivity index is 1.86. The van der Waals surface area contributed by atoms with Crippen molar-refractivity contribution in [1.82, 2.24) is 20.4 Å². The number of carbonyl (C=O) groups excluding carboxylic acids is 2. The molecule has 0 bridgehead atoms. The molecule has 1 aliphatic heterocycles. The number of hydrogen-bond acceptors (Lipinski definition) is 5. The van der Waals surface area contributed by atoms with Crippen molar-refractivity contribution in [2.75, 3.05) is 13.2 Å². The summed E-state index contributed by atoms with van der Waals surface area (Å²) in [5.41, 5.74) is 3.80. The van der Waals surface area contributed by atoms with Gasteiger partial charge in [-0.25, -0.2) is 14.3 Å². The third-order valence-corrected chi connectivity index (χ3v) is 5.28. The predicted molar refractivity (Wildman–Crippen MR) is 124 cm³/mol. The van der Waals surface area contributed by atoms with Crippen molar-refractivity contribution in [2.45, 2.75) is 26.8 Å². The molecule has 2 aromatic carbocycles. The fraction of sp³-hybridized carbons (Fsp3) is 0.240. The maximum atomic E-state index is 12.8. The summed E-state index contributed by atoms with van der Waals surface area (Å²) in [4.78, 5) is 25.2.